The Labute approximate surface area is 119 Å². The third-order valence-electron chi connectivity index (χ3n) is 3.99. The lowest BCUT2D eigenvalue weighted by Gasteiger charge is -2.26. The second kappa shape index (κ2) is 6.20. The van der Waals surface area contributed by atoms with E-state index in [4.69, 9.17) is 0 Å². The summed E-state index contributed by atoms with van der Waals surface area (Å²) in [5.41, 5.74) is 2.50. The summed E-state index contributed by atoms with van der Waals surface area (Å²) in [5, 5.41) is 6.67. The zero-order valence-corrected chi connectivity index (χ0v) is 12.5. The van der Waals surface area contributed by atoms with Gasteiger partial charge in [0.2, 0.25) is 5.91 Å². The summed E-state index contributed by atoms with van der Waals surface area (Å²) >= 11 is 0. The Hall–Kier alpha value is -1.65. The topological polar surface area (TPSA) is 66.1 Å². The van der Waals surface area contributed by atoms with Crippen molar-refractivity contribution in [3.05, 3.63) is 27.2 Å². The van der Waals surface area contributed by atoms with E-state index in [0.29, 0.717) is 6.54 Å². The van der Waals surface area contributed by atoms with Crippen molar-refractivity contribution >= 4 is 5.91 Å². The van der Waals surface area contributed by atoms with Crippen LogP contribution in [-0.4, -0.2) is 33.6 Å². The molecule has 0 unspecified atom stereocenters. The molecule has 1 aromatic heterocycles. The van der Waals surface area contributed by atoms with Crippen molar-refractivity contribution < 1.29 is 4.79 Å². The molecule has 0 spiro atoms. The highest BCUT2D eigenvalue weighted by molar-refractivity contribution is 5.79. The van der Waals surface area contributed by atoms with Gasteiger partial charge in [-0.05, 0) is 52.0 Å². The number of aromatic amines is 1. The van der Waals surface area contributed by atoms with Crippen molar-refractivity contribution in [2.45, 2.75) is 58.9 Å². The van der Waals surface area contributed by atoms with Gasteiger partial charge in [-0.2, -0.15) is 5.10 Å². The number of nitrogens with one attached hydrogen (secondary N) is 1. The Morgan fingerprint density at radius 2 is 1.95 bits per heavy atom. The van der Waals surface area contributed by atoms with Crippen LogP contribution >= 0.6 is 0 Å². The van der Waals surface area contributed by atoms with Gasteiger partial charge >= 0.3 is 0 Å². The van der Waals surface area contributed by atoms with E-state index >= 15 is 0 Å². The lowest BCUT2D eigenvalue weighted by molar-refractivity contribution is -0.131. The van der Waals surface area contributed by atoms with E-state index in [9.17, 15) is 9.59 Å². The molecule has 1 aliphatic rings. The highest BCUT2D eigenvalue weighted by Crippen LogP contribution is 2.20. The molecule has 2 rings (SSSR count). The van der Waals surface area contributed by atoms with Crippen LogP contribution in [0.1, 0.15) is 50.4 Å². The van der Waals surface area contributed by atoms with Crippen LogP contribution in [0, 0.1) is 0 Å². The summed E-state index contributed by atoms with van der Waals surface area (Å²) in [4.78, 5) is 26.0. The van der Waals surface area contributed by atoms with E-state index in [-0.39, 0.29) is 23.9 Å². The average molecular weight is 277 g/mol. The number of aromatic nitrogens is 2. The molecule has 0 aliphatic heterocycles. The first kappa shape index (κ1) is 14.8. The molecule has 0 aromatic carbocycles. The maximum absolute atomic E-state index is 12.3. The molecule has 0 saturated carbocycles. The molecular weight excluding hydrogens is 254 g/mol. The maximum atomic E-state index is 12.3. The minimum atomic E-state index is -0.0906. The van der Waals surface area contributed by atoms with E-state index in [1.165, 1.54) is 0 Å². The minimum absolute atomic E-state index is 0.0785. The fourth-order valence-electron chi connectivity index (χ4n) is 2.95. The van der Waals surface area contributed by atoms with Crippen molar-refractivity contribution in [2.75, 3.05) is 6.54 Å². The Morgan fingerprint density at radius 3 is 2.55 bits per heavy atom. The maximum Gasteiger partial charge on any atom is 0.267 e. The number of carbonyl (C=O) groups is 1. The Bertz CT molecular complexity index is 549. The number of likely N-dealkylation sites (N-methyl/N-ethyl adjacent to an activating group) is 1. The summed E-state index contributed by atoms with van der Waals surface area (Å²) in [6, 6.07) is 0.186. The van der Waals surface area contributed by atoms with Crippen molar-refractivity contribution in [3.63, 3.8) is 0 Å². The standard InChI is InChI=1S/C15H23N3O2/c1-4-18(10(2)3)14(19)9-13-11-7-5-6-8-12(11)15(20)17-16-13/h10H,4-9H2,1-3H3,(H,17,20). The first-order valence-corrected chi connectivity index (χ1v) is 7.43. The molecule has 110 valence electrons. The molecule has 1 aromatic rings. The molecule has 5 nitrogen and oxygen atoms in total. The van der Waals surface area contributed by atoms with Crippen molar-refractivity contribution in [1.29, 1.82) is 0 Å². The molecular formula is C15H23N3O2. The van der Waals surface area contributed by atoms with Crippen LogP contribution in [0.15, 0.2) is 4.79 Å². The van der Waals surface area contributed by atoms with Crippen molar-refractivity contribution in [3.8, 4) is 0 Å². The molecule has 1 aliphatic carbocycles. The van der Waals surface area contributed by atoms with Gasteiger partial charge in [-0.15, -0.1) is 0 Å². The largest absolute Gasteiger partial charge is 0.340 e. The number of amides is 1. The Morgan fingerprint density at radius 1 is 1.30 bits per heavy atom. The van der Waals surface area contributed by atoms with Crippen LogP contribution in [0.5, 0.6) is 0 Å². The molecule has 0 bridgehead atoms. The molecule has 1 amide bonds. The molecule has 1 N–H and O–H groups in total. The zero-order chi connectivity index (χ0) is 14.7. The van der Waals surface area contributed by atoms with Gasteiger partial charge in [0, 0.05) is 18.2 Å². The molecule has 0 fully saturated rings. The predicted octanol–water partition coefficient (Wildman–Crippen LogP) is 1.45. The number of carbonyl (C=O) groups excluding carboxylic acids is 1. The van der Waals surface area contributed by atoms with E-state index in [1.807, 2.05) is 25.7 Å². The fraction of sp³-hybridized carbons (Fsp3) is 0.667. The van der Waals surface area contributed by atoms with Crippen molar-refractivity contribution in [2.24, 2.45) is 0 Å². The van der Waals surface area contributed by atoms with Gasteiger partial charge < -0.3 is 4.90 Å². The monoisotopic (exact) mass is 277 g/mol. The van der Waals surface area contributed by atoms with Gasteiger partial charge in [-0.1, -0.05) is 0 Å². The SMILES string of the molecule is CCN(C(=O)Cc1n[nH]c(=O)c2c1CCCC2)C(C)C. The fourth-order valence-corrected chi connectivity index (χ4v) is 2.95. The van der Waals surface area contributed by atoms with Crippen LogP contribution in [0.25, 0.3) is 0 Å². The van der Waals surface area contributed by atoms with Gasteiger partial charge in [0.1, 0.15) is 0 Å². The number of hydrogen-bond acceptors (Lipinski definition) is 3. The Kier molecular flexibility index (Phi) is 4.57. The van der Waals surface area contributed by atoms with Crippen LogP contribution in [0.3, 0.4) is 0 Å². The molecule has 20 heavy (non-hydrogen) atoms. The first-order valence-electron chi connectivity index (χ1n) is 7.43. The summed E-state index contributed by atoms with van der Waals surface area (Å²) in [7, 11) is 0. The van der Waals surface area contributed by atoms with Gasteiger partial charge in [0.05, 0.1) is 12.1 Å². The normalized spacial score (nSPS) is 14.2. The second-order valence-corrected chi connectivity index (χ2v) is 5.61. The average Bonchev–Trinajstić information content (AvgIpc) is 2.42. The molecule has 0 atom stereocenters. The lowest BCUT2D eigenvalue weighted by Crippen LogP contribution is -2.38. The second-order valence-electron chi connectivity index (χ2n) is 5.61. The molecule has 0 saturated heterocycles. The van der Waals surface area contributed by atoms with Gasteiger partial charge in [0.25, 0.3) is 5.56 Å². The number of rotatable bonds is 4. The minimum Gasteiger partial charge on any atom is -0.340 e. The number of nitrogens with zero attached hydrogens (tertiary/aromatic N) is 2. The third-order valence-corrected chi connectivity index (χ3v) is 3.99. The molecule has 5 heteroatoms. The predicted molar refractivity (Wildman–Crippen MR) is 77.7 cm³/mol. The molecule has 1 heterocycles. The van der Waals surface area contributed by atoms with Crippen LogP contribution in [0.4, 0.5) is 0 Å². The number of H-pyrrole nitrogens is 1. The summed E-state index contributed by atoms with van der Waals surface area (Å²) in [5.74, 6) is 0.0785. The van der Waals surface area contributed by atoms with Crippen LogP contribution < -0.4 is 5.56 Å². The lowest BCUT2D eigenvalue weighted by atomic mass is 9.91. The first-order chi connectivity index (χ1) is 9.54. The summed E-state index contributed by atoms with van der Waals surface area (Å²) in [6.45, 7) is 6.70. The van der Waals surface area contributed by atoms with E-state index in [2.05, 4.69) is 10.2 Å². The van der Waals surface area contributed by atoms with Gasteiger partial charge in [0.15, 0.2) is 0 Å². The highest BCUT2D eigenvalue weighted by Gasteiger charge is 2.22. The molecule has 0 radical (unpaired) electrons. The smallest absolute Gasteiger partial charge is 0.267 e. The quantitative estimate of drug-likeness (QED) is 0.906. The summed E-state index contributed by atoms with van der Waals surface area (Å²) in [6.07, 6.45) is 4.06. The Balaban J connectivity index is 2.26. The van der Waals surface area contributed by atoms with E-state index in [0.717, 1.165) is 42.5 Å². The number of fused-ring (bicyclic) bond motifs is 1. The van der Waals surface area contributed by atoms with Gasteiger partial charge in [-0.3, -0.25) is 9.59 Å². The summed E-state index contributed by atoms with van der Waals surface area (Å²) < 4.78 is 0. The number of hydrogen-bond donors (Lipinski definition) is 1. The van der Waals surface area contributed by atoms with Gasteiger partial charge in [-0.25, -0.2) is 5.10 Å². The van der Waals surface area contributed by atoms with Crippen molar-refractivity contribution in [1.82, 2.24) is 15.1 Å². The van der Waals surface area contributed by atoms with E-state index < -0.39 is 0 Å². The van der Waals surface area contributed by atoms with Crippen LogP contribution in [-0.2, 0) is 24.1 Å². The van der Waals surface area contributed by atoms with E-state index in [1.54, 1.807) is 0 Å². The van der Waals surface area contributed by atoms with Crippen LogP contribution in [0.2, 0.25) is 0 Å². The highest BCUT2D eigenvalue weighted by atomic mass is 16.2. The third kappa shape index (κ3) is 2.92. The zero-order valence-electron chi connectivity index (χ0n) is 12.5.